The SMILES string of the molecule is CC(CCNC(=O)OCC1c2ccccc2-c2ccccc21)CC(=O)N[C@@H]1CCC[C@H](C(=O)O)C1. The van der Waals surface area contributed by atoms with Crippen LogP contribution in [-0.4, -0.2) is 42.3 Å². The average Bonchev–Trinajstić information content (AvgIpc) is 3.16. The van der Waals surface area contributed by atoms with E-state index in [4.69, 9.17) is 4.74 Å². The number of benzene rings is 2. The minimum atomic E-state index is -0.781. The van der Waals surface area contributed by atoms with Crippen molar-refractivity contribution in [3.8, 4) is 11.1 Å². The van der Waals surface area contributed by atoms with Gasteiger partial charge < -0.3 is 20.5 Å². The highest BCUT2D eigenvalue weighted by atomic mass is 16.5. The molecular weight excluding hydrogens is 444 g/mol. The van der Waals surface area contributed by atoms with Gasteiger partial charge in [-0.15, -0.1) is 0 Å². The summed E-state index contributed by atoms with van der Waals surface area (Å²) in [6.07, 6.45) is 3.37. The van der Waals surface area contributed by atoms with E-state index in [1.54, 1.807) is 0 Å². The number of carboxylic acid groups (broad SMARTS) is 1. The first-order valence-corrected chi connectivity index (χ1v) is 12.5. The second-order valence-electron chi connectivity index (χ2n) is 9.82. The van der Waals surface area contributed by atoms with Gasteiger partial charge in [-0.2, -0.15) is 0 Å². The Balaban J connectivity index is 1.17. The van der Waals surface area contributed by atoms with Gasteiger partial charge >= 0.3 is 12.1 Å². The summed E-state index contributed by atoms with van der Waals surface area (Å²) in [5.41, 5.74) is 4.73. The Morgan fingerprint density at radius 1 is 1.03 bits per heavy atom. The van der Waals surface area contributed by atoms with Crippen LogP contribution in [0.15, 0.2) is 48.5 Å². The molecule has 1 saturated carbocycles. The number of carboxylic acids is 1. The van der Waals surface area contributed by atoms with E-state index in [1.165, 1.54) is 22.3 Å². The van der Waals surface area contributed by atoms with Crippen LogP contribution in [0.4, 0.5) is 4.79 Å². The van der Waals surface area contributed by atoms with Crippen LogP contribution in [0, 0.1) is 11.8 Å². The number of amides is 2. The Morgan fingerprint density at radius 2 is 1.69 bits per heavy atom. The normalized spacial score (nSPS) is 19.8. The van der Waals surface area contributed by atoms with Crippen LogP contribution in [0.3, 0.4) is 0 Å². The lowest BCUT2D eigenvalue weighted by atomic mass is 9.85. The van der Waals surface area contributed by atoms with Crippen molar-refractivity contribution in [3.63, 3.8) is 0 Å². The second kappa shape index (κ2) is 11.4. The molecule has 0 radical (unpaired) electrons. The van der Waals surface area contributed by atoms with Crippen molar-refractivity contribution >= 4 is 18.0 Å². The van der Waals surface area contributed by atoms with Crippen molar-refractivity contribution in [2.24, 2.45) is 11.8 Å². The van der Waals surface area contributed by atoms with Crippen molar-refractivity contribution in [2.45, 2.75) is 57.4 Å². The van der Waals surface area contributed by atoms with Gasteiger partial charge in [0.1, 0.15) is 6.61 Å². The predicted octanol–water partition coefficient (Wildman–Crippen LogP) is 4.70. The van der Waals surface area contributed by atoms with Crippen molar-refractivity contribution in [3.05, 3.63) is 59.7 Å². The summed E-state index contributed by atoms with van der Waals surface area (Å²) in [4.78, 5) is 35.9. The fourth-order valence-electron chi connectivity index (χ4n) is 5.32. The Labute approximate surface area is 206 Å². The number of ether oxygens (including phenoxy) is 1. The number of alkyl carbamates (subject to hydrolysis) is 1. The summed E-state index contributed by atoms with van der Waals surface area (Å²) in [6.45, 7) is 2.67. The molecule has 0 aromatic heterocycles. The fourth-order valence-corrected chi connectivity index (χ4v) is 5.32. The Hall–Kier alpha value is -3.35. The van der Waals surface area contributed by atoms with E-state index in [0.29, 0.717) is 32.2 Å². The zero-order chi connectivity index (χ0) is 24.8. The minimum Gasteiger partial charge on any atom is -0.481 e. The number of rotatable bonds is 9. The molecule has 7 heteroatoms. The molecular formula is C28H34N2O5. The van der Waals surface area contributed by atoms with Gasteiger partial charge in [0.2, 0.25) is 5.91 Å². The Morgan fingerprint density at radius 3 is 2.34 bits per heavy atom. The third kappa shape index (κ3) is 6.21. The monoisotopic (exact) mass is 478 g/mol. The largest absolute Gasteiger partial charge is 0.481 e. The minimum absolute atomic E-state index is 0.0243. The molecule has 0 bridgehead atoms. The average molecular weight is 479 g/mol. The van der Waals surface area contributed by atoms with Gasteiger partial charge in [0, 0.05) is 24.9 Å². The van der Waals surface area contributed by atoms with Gasteiger partial charge in [0.25, 0.3) is 0 Å². The molecule has 1 fully saturated rings. The van der Waals surface area contributed by atoms with Crippen LogP contribution < -0.4 is 10.6 Å². The van der Waals surface area contributed by atoms with Gasteiger partial charge in [-0.25, -0.2) is 4.79 Å². The first kappa shape index (κ1) is 24.8. The zero-order valence-corrected chi connectivity index (χ0v) is 20.2. The van der Waals surface area contributed by atoms with Crippen molar-refractivity contribution in [1.29, 1.82) is 0 Å². The molecule has 7 nitrogen and oxygen atoms in total. The number of carbonyl (C=O) groups is 3. The highest BCUT2D eigenvalue weighted by Gasteiger charge is 2.29. The van der Waals surface area contributed by atoms with E-state index in [0.717, 1.165) is 12.8 Å². The van der Waals surface area contributed by atoms with E-state index in [9.17, 15) is 19.5 Å². The standard InChI is InChI=1S/C28H34N2O5/c1-18(15-26(31)30-20-8-6-7-19(16-20)27(32)33)13-14-29-28(34)35-17-25-23-11-4-2-9-21(23)22-10-3-5-12-24(22)25/h2-5,9-12,18-20,25H,6-8,13-17H2,1H3,(H,29,34)(H,30,31)(H,32,33)/t18?,19-,20+/m0/s1. The lowest BCUT2D eigenvalue weighted by Gasteiger charge is -2.27. The molecule has 0 saturated heterocycles. The third-order valence-electron chi connectivity index (χ3n) is 7.17. The Kier molecular flexibility index (Phi) is 8.06. The quantitative estimate of drug-likeness (QED) is 0.485. The van der Waals surface area contributed by atoms with Crippen LogP contribution in [-0.2, 0) is 14.3 Å². The van der Waals surface area contributed by atoms with E-state index in [-0.39, 0.29) is 36.3 Å². The van der Waals surface area contributed by atoms with Crippen molar-refractivity contribution in [1.82, 2.24) is 10.6 Å². The molecule has 35 heavy (non-hydrogen) atoms. The smallest absolute Gasteiger partial charge is 0.407 e. The molecule has 2 aliphatic carbocycles. The van der Waals surface area contributed by atoms with Gasteiger partial charge in [0.05, 0.1) is 5.92 Å². The maximum absolute atomic E-state index is 12.4. The van der Waals surface area contributed by atoms with Gasteiger partial charge in [-0.3, -0.25) is 9.59 Å². The highest BCUT2D eigenvalue weighted by molar-refractivity contribution is 5.79. The molecule has 3 atom stereocenters. The molecule has 2 aromatic rings. The molecule has 186 valence electrons. The first-order chi connectivity index (χ1) is 16.9. The Bertz CT molecular complexity index is 1020. The van der Waals surface area contributed by atoms with Crippen molar-refractivity contribution in [2.75, 3.05) is 13.2 Å². The summed E-state index contributed by atoms with van der Waals surface area (Å²) < 4.78 is 5.56. The number of hydrogen-bond donors (Lipinski definition) is 3. The number of carbonyl (C=O) groups excluding carboxylic acids is 2. The number of hydrogen-bond acceptors (Lipinski definition) is 4. The zero-order valence-electron chi connectivity index (χ0n) is 20.2. The third-order valence-corrected chi connectivity index (χ3v) is 7.17. The predicted molar refractivity (Wildman–Crippen MR) is 133 cm³/mol. The summed E-state index contributed by atoms with van der Waals surface area (Å²) in [7, 11) is 0. The lowest BCUT2D eigenvalue weighted by Crippen LogP contribution is -2.40. The second-order valence-corrected chi connectivity index (χ2v) is 9.82. The van der Waals surface area contributed by atoms with Crippen molar-refractivity contribution < 1.29 is 24.2 Å². The van der Waals surface area contributed by atoms with E-state index >= 15 is 0 Å². The molecule has 0 aliphatic heterocycles. The topological polar surface area (TPSA) is 105 Å². The van der Waals surface area contributed by atoms with Gasteiger partial charge in [-0.1, -0.05) is 61.9 Å². The van der Waals surface area contributed by atoms with E-state index < -0.39 is 12.1 Å². The van der Waals surface area contributed by atoms with Gasteiger partial charge in [-0.05, 0) is 53.9 Å². The summed E-state index contributed by atoms with van der Waals surface area (Å²) in [6, 6.07) is 16.4. The molecule has 2 amide bonds. The number of fused-ring (bicyclic) bond motifs is 3. The molecule has 0 spiro atoms. The van der Waals surface area contributed by atoms with E-state index in [1.807, 2.05) is 31.2 Å². The maximum atomic E-state index is 12.4. The van der Waals surface area contributed by atoms with Gasteiger partial charge in [0.15, 0.2) is 0 Å². The van der Waals surface area contributed by atoms with Crippen LogP contribution in [0.1, 0.15) is 62.5 Å². The molecule has 4 rings (SSSR count). The van der Waals surface area contributed by atoms with E-state index in [2.05, 4.69) is 34.9 Å². The molecule has 3 N–H and O–H groups in total. The van der Waals surface area contributed by atoms with Crippen LogP contribution in [0.25, 0.3) is 11.1 Å². The van der Waals surface area contributed by atoms with Crippen LogP contribution >= 0.6 is 0 Å². The first-order valence-electron chi connectivity index (χ1n) is 12.5. The lowest BCUT2D eigenvalue weighted by molar-refractivity contribution is -0.143. The highest BCUT2D eigenvalue weighted by Crippen LogP contribution is 2.44. The van der Waals surface area contributed by atoms with Crippen LogP contribution in [0.5, 0.6) is 0 Å². The molecule has 2 aromatic carbocycles. The summed E-state index contributed by atoms with van der Waals surface area (Å²) >= 11 is 0. The fraction of sp³-hybridized carbons (Fsp3) is 0.464. The summed E-state index contributed by atoms with van der Waals surface area (Å²) in [5, 5.41) is 15.0. The summed E-state index contributed by atoms with van der Waals surface area (Å²) in [5.74, 6) is -1.10. The van der Waals surface area contributed by atoms with Crippen LogP contribution in [0.2, 0.25) is 0 Å². The molecule has 0 heterocycles. The molecule has 2 aliphatic rings. The molecule has 1 unspecified atom stereocenters. The maximum Gasteiger partial charge on any atom is 0.407 e. The number of aliphatic carboxylic acids is 1. The number of nitrogens with one attached hydrogen (secondary N) is 2.